The van der Waals surface area contributed by atoms with Gasteiger partial charge in [0.1, 0.15) is 25.4 Å². The van der Waals surface area contributed by atoms with Crippen molar-refractivity contribution < 1.29 is 19.0 Å². The van der Waals surface area contributed by atoms with Crippen LogP contribution in [0.15, 0.2) is 60.9 Å². The highest BCUT2D eigenvalue weighted by atomic mass is 35.5. The van der Waals surface area contributed by atoms with Crippen molar-refractivity contribution in [1.82, 2.24) is 9.97 Å². The number of benzene rings is 3. The molecule has 3 N–H and O–H groups in total. The first kappa shape index (κ1) is 21.6. The van der Waals surface area contributed by atoms with Crippen molar-refractivity contribution in [2.24, 2.45) is 0 Å². The maximum absolute atomic E-state index is 12.3. The summed E-state index contributed by atoms with van der Waals surface area (Å²) in [4.78, 5) is 21.0. The summed E-state index contributed by atoms with van der Waals surface area (Å²) in [5.74, 6) is 2.10. The van der Waals surface area contributed by atoms with Crippen LogP contribution in [0, 0.1) is 0 Å². The van der Waals surface area contributed by atoms with Crippen LogP contribution in [0.5, 0.6) is 17.2 Å². The zero-order valence-corrected chi connectivity index (χ0v) is 18.8. The summed E-state index contributed by atoms with van der Waals surface area (Å²) in [6, 6.07) is 15.7. The fourth-order valence-electron chi connectivity index (χ4n) is 3.59. The maximum Gasteiger partial charge on any atom is 0.323 e. The van der Waals surface area contributed by atoms with Crippen molar-refractivity contribution in [3.63, 3.8) is 0 Å². The number of carbonyl (C=O) groups is 1. The van der Waals surface area contributed by atoms with Crippen molar-refractivity contribution >= 4 is 51.4 Å². The van der Waals surface area contributed by atoms with Gasteiger partial charge in [-0.1, -0.05) is 29.8 Å². The Bertz CT molecular complexity index is 1370. The van der Waals surface area contributed by atoms with E-state index in [1.165, 1.54) is 6.33 Å². The Balaban J connectivity index is 1.40. The first-order valence-electron chi connectivity index (χ1n) is 10.4. The van der Waals surface area contributed by atoms with Crippen molar-refractivity contribution in [3.8, 4) is 17.2 Å². The minimum Gasteiger partial charge on any atom is -0.493 e. The molecule has 0 unspecified atom stereocenters. The molecule has 4 aromatic rings. The second-order valence-electron chi connectivity index (χ2n) is 7.32. The number of nitrogens with zero attached hydrogens (tertiary/aromatic N) is 2. The van der Waals surface area contributed by atoms with Gasteiger partial charge in [0.25, 0.3) is 0 Å². The average molecular weight is 478 g/mol. The monoisotopic (exact) mass is 477 g/mol. The Labute approximate surface area is 200 Å². The number of para-hydroxylation sites is 1. The quantitative estimate of drug-likeness (QED) is 0.351. The van der Waals surface area contributed by atoms with Crippen LogP contribution in [0.25, 0.3) is 10.9 Å². The van der Waals surface area contributed by atoms with E-state index < -0.39 is 6.03 Å². The number of anilines is 4. The molecule has 0 aliphatic carbocycles. The van der Waals surface area contributed by atoms with Gasteiger partial charge in [0.2, 0.25) is 5.75 Å². The van der Waals surface area contributed by atoms with Gasteiger partial charge in [-0.3, -0.25) is 0 Å². The lowest BCUT2D eigenvalue weighted by molar-refractivity contribution is 0.167. The van der Waals surface area contributed by atoms with E-state index in [1.54, 1.807) is 43.5 Å². The molecule has 1 aliphatic rings. The van der Waals surface area contributed by atoms with Crippen LogP contribution in [0.1, 0.15) is 0 Å². The largest absolute Gasteiger partial charge is 0.493 e. The number of aromatic nitrogens is 2. The zero-order chi connectivity index (χ0) is 23.5. The third-order valence-electron chi connectivity index (χ3n) is 5.11. The SMILES string of the molecule is COc1cc2ncnc(Nc3ccc(NC(=O)Nc4ccccc4)c(Cl)c3)c2c2c1OCCO2. The predicted octanol–water partition coefficient (Wildman–Crippen LogP) is 5.45. The molecule has 0 spiro atoms. The van der Waals surface area contributed by atoms with Crippen LogP contribution < -0.4 is 30.2 Å². The normalized spacial score (nSPS) is 12.2. The molecular formula is C24H20ClN5O4. The number of rotatable bonds is 5. The third-order valence-corrected chi connectivity index (χ3v) is 5.42. The highest BCUT2D eigenvalue weighted by Crippen LogP contribution is 2.47. The molecule has 0 atom stereocenters. The standard InChI is InChI=1S/C24H20ClN5O4/c1-32-19-12-18-20(22-21(19)33-9-10-34-22)23(27-13-26-18)28-15-7-8-17(16(25)11-15)30-24(31)29-14-5-3-2-4-6-14/h2-8,11-13H,9-10H2,1H3,(H,26,27,28)(H2,29,30,31). The zero-order valence-electron chi connectivity index (χ0n) is 18.1. The molecule has 0 radical (unpaired) electrons. The van der Waals surface area contributed by atoms with Crippen LogP contribution >= 0.6 is 11.6 Å². The number of ether oxygens (including phenoxy) is 3. The summed E-state index contributed by atoms with van der Waals surface area (Å²) in [6.07, 6.45) is 1.45. The molecule has 1 aliphatic heterocycles. The van der Waals surface area contributed by atoms with Gasteiger partial charge in [-0.05, 0) is 30.3 Å². The van der Waals surface area contributed by atoms with Gasteiger partial charge in [0, 0.05) is 17.4 Å². The summed E-state index contributed by atoms with van der Waals surface area (Å²) < 4.78 is 17.1. The molecule has 0 bridgehead atoms. The average Bonchev–Trinajstić information content (AvgIpc) is 2.86. The van der Waals surface area contributed by atoms with E-state index in [0.717, 1.165) is 0 Å². The molecule has 9 nitrogen and oxygen atoms in total. The first-order chi connectivity index (χ1) is 16.6. The molecule has 1 aromatic heterocycles. The molecule has 0 fully saturated rings. The molecule has 2 amide bonds. The van der Waals surface area contributed by atoms with Gasteiger partial charge < -0.3 is 30.2 Å². The highest BCUT2D eigenvalue weighted by molar-refractivity contribution is 6.34. The lowest BCUT2D eigenvalue weighted by Crippen LogP contribution is -2.19. The van der Waals surface area contributed by atoms with Gasteiger partial charge in [-0.25, -0.2) is 14.8 Å². The fraction of sp³-hybridized carbons (Fsp3) is 0.125. The van der Waals surface area contributed by atoms with E-state index in [9.17, 15) is 4.79 Å². The van der Waals surface area contributed by atoms with Crippen molar-refractivity contribution in [1.29, 1.82) is 0 Å². The van der Waals surface area contributed by atoms with Gasteiger partial charge in [0.05, 0.1) is 28.7 Å². The predicted molar refractivity (Wildman–Crippen MR) is 131 cm³/mol. The van der Waals surface area contributed by atoms with Crippen LogP contribution in [0.4, 0.5) is 27.7 Å². The number of hydrogen-bond donors (Lipinski definition) is 3. The summed E-state index contributed by atoms with van der Waals surface area (Å²) in [6.45, 7) is 0.827. The molecule has 172 valence electrons. The van der Waals surface area contributed by atoms with Crippen molar-refractivity contribution in [3.05, 3.63) is 65.9 Å². The Hall–Kier alpha value is -4.24. The van der Waals surface area contributed by atoms with Gasteiger partial charge in [-0.15, -0.1) is 0 Å². The summed E-state index contributed by atoms with van der Waals surface area (Å²) in [5.41, 5.74) is 2.45. The molecule has 3 aromatic carbocycles. The van der Waals surface area contributed by atoms with Crippen LogP contribution in [-0.2, 0) is 0 Å². The Kier molecular flexibility index (Phi) is 5.92. The van der Waals surface area contributed by atoms with Crippen molar-refractivity contribution in [2.75, 3.05) is 36.3 Å². The minimum absolute atomic E-state index is 0.356. The lowest BCUT2D eigenvalue weighted by atomic mass is 10.1. The number of nitrogens with one attached hydrogen (secondary N) is 3. The van der Waals surface area contributed by atoms with E-state index in [4.69, 9.17) is 25.8 Å². The number of hydrogen-bond acceptors (Lipinski definition) is 7. The smallest absolute Gasteiger partial charge is 0.323 e. The Morgan fingerprint density at radius 3 is 2.53 bits per heavy atom. The van der Waals surface area contributed by atoms with E-state index >= 15 is 0 Å². The van der Waals surface area contributed by atoms with Crippen LogP contribution in [0.3, 0.4) is 0 Å². The fourth-order valence-corrected chi connectivity index (χ4v) is 3.82. The van der Waals surface area contributed by atoms with E-state index in [0.29, 0.717) is 69.3 Å². The molecule has 2 heterocycles. The third kappa shape index (κ3) is 4.33. The van der Waals surface area contributed by atoms with Crippen LogP contribution in [0.2, 0.25) is 5.02 Å². The van der Waals surface area contributed by atoms with Crippen molar-refractivity contribution in [2.45, 2.75) is 0 Å². The lowest BCUT2D eigenvalue weighted by Gasteiger charge is -2.23. The highest BCUT2D eigenvalue weighted by Gasteiger charge is 2.24. The second-order valence-corrected chi connectivity index (χ2v) is 7.72. The minimum atomic E-state index is -0.395. The van der Waals surface area contributed by atoms with Crippen LogP contribution in [-0.4, -0.2) is 36.3 Å². The molecule has 34 heavy (non-hydrogen) atoms. The van der Waals surface area contributed by atoms with E-state index in [-0.39, 0.29) is 0 Å². The molecule has 10 heteroatoms. The number of urea groups is 1. The van der Waals surface area contributed by atoms with E-state index in [2.05, 4.69) is 25.9 Å². The number of fused-ring (bicyclic) bond motifs is 3. The molecular weight excluding hydrogens is 458 g/mol. The number of methoxy groups -OCH3 is 1. The van der Waals surface area contributed by atoms with Gasteiger partial charge in [0.15, 0.2) is 11.5 Å². The maximum atomic E-state index is 12.3. The first-order valence-corrected chi connectivity index (χ1v) is 10.8. The summed E-state index contributed by atoms with van der Waals surface area (Å²) >= 11 is 6.44. The number of amides is 2. The number of carbonyl (C=O) groups excluding carboxylic acids is 1. The summed E-state index contributed by atoms with van der Waals surface area (Å²) in [5, 5.41) is 9.78. The van der Waals surface area contributed by atoms with E-state index in [1.807, 2.05) is 18.2 Å². The molecule has 5 rings (SSSR count). The second kappa shape index (κ2) is 9.32. The number of halogens is 1. The molecule has 0 saturated carbocycles. The molecule has 0 saturated heterocycles. The Morgan fingerprint density at radius 1 is 0.971 bits per heavy atom. The topological polar surface area (TPSA) is 107 Å². The van der Waals surface area contributed by atoms with Gasteiger partial charge in [-0.2, -0.15) is 0 Å². The van der Waals surface area contributed by atoms with Gasteiger partial charge >= 0.3 is 6.03 Å². The Morgan fingerprint density at radius 2 is 1.76 bits per heavy atom. The summed E-state index contributed by atoms with van der Waals surface area (Å²) in [7, 11) is 1.57.